The summed E-state index contributed by atoms with van der Waals surface area (Å²) in [6.07, 6.45) is 8.66. The molecule has 0 spiro atoms. The number of anilines is 1. The van der Waals surface area contributed by atoms with Crippen LogP contribution in [-0.4, -0.2) is 38.4 Å². The monoisotopic (exact) mass is 421 g/mol. The van der Waals surface area contributed by atoms with E-state index in [1.807, 2.05) is 39.2 Å². The molecule has 1 aromatic heterocycles. The number of nitrogens with zero attached hydrogens (tertiary/aromatic N) is 4. The third-order valence-corrected chi connectivity index (χ3v) is 5.88. The molecule has 1 aliphatic heterocycles. The van der Waals surface area contributed by atoms with Gasteiger partial charge < -0.3 is 4.90 Å². The van der Waals surface area contributed by atoms with Crippen LogP contribution in [-0.2, 0) is 23.2 Å². The maximum Gasteiger partial charge on any atom is 0.254 e. The van der Waals surface area contributed by atoms with Gasteiger partial charge in [0.1, 0.15) is 0 Å². The molecule has 1 saturated heterocycles. The molecule has 0 saturated carbocycles. The molecule has 2 aliphatic rings. The van der Waals surface area contributed by atoms with Crippen molar-refractivity contribution in [2.75, 3.05) is 5.01 Å². The van der Waals surface area contributed by atoms with Gasteiger partial charge in [-0.05, 0) is 44.9 Å². The summed E-state index contributed by atoms with van der Waals surface area (Å²) in [6.45, 7) is 4.36. The second-order valence-corrected chi connectivity index (χ2v) is 8.40. The highest BCUT2D eigenvalue weighted by Gasteiger charge is 2.42. The van der Waals surface area contributed by atoms with Crippen LogP contribution in [0.15, 0.2) is 48.8 Å². The first-order chi connectivity index (χ1) is 14.8. The van der Waals surface area contributed by atoms with Crippen LogP contribution in [0.2, 0.25) is 0 Å². The molecule has 2 atom stereocenters. The number of fused-ring (bicyclic) bond motifs is 1. The van der Waals surface area contributed by atoms with Gasteiger partial charge in [-0.2, -0.15) is 5.10 Å². The SMILES string of the molecule is CC(C)N(Cc1cnn(C)c1)C(=O)c1cccc(N2NC(=O)C3CC=CCC3C2=O)c1. The molecule has 0 bridgehead atoms. The van der Waals surface area contributed by atoms with Gasteiger partial charge >= 0.3 is 0 Å². The van der Waals surface area contributed by atoms with Crippen molar-refractivity contribution in [1.82, 2.24) is 20.1 Å². The minimum Gasteiger partial charge on any atom is -0.332 e. The molecule has 8 nitrogen and oxygen atoms in total. The molecule has 0 radical (unpaired) electrons. The molecular formula is C23H27N5O3. The number of carbonyl (C=O) groups excluding carboxylic acids is 3. The molecule has 31 heavy (non-hydrogen) atoms. The zero-order valence-corrected chi connectivity index (χ0v) is 18.0. The van der Waals surface area contributed by atoms with E-state index in [-0.39, 0.29) is 35.6 Å². The third kappa shape index (κ3) is 4.10. The number of nitrogens with one attached hydrogen (secondary N) is 1. The third-order valence-electron chi connectivity index (χ3n) is 5.88. The highest BCUT2D eigenvalue weighted by atomic mass is 16.2. The minimum atomic E-state index is -0.365. The Morgan fingerprint density at radius 3 is 2.65 bits per heavy atom. The van der Waals surface area contributed by atoms with E-state index in [9.17, 15) is 14.4 Å². The second-order valence-electron chi connectivity index (χ2n) is 8.40. The molecule has 8 heteroatoms. The van der Waals surface area contributed by atoms with Gasteiger partial charge in [0.05, 0.1) is 23.7 Å². The van der Waals surface area contributed by atoms with Crippen LogP contribution in [0.1, 0.15) is 42.6 Å². The highest BCUT2D eigenvalue weighted by molar-refractivity contribution is 6.05. The van der Waals surface area contributed by atoms with Crippen molar-refractivity contribution in [3.05, 3.63) is 59.9 Å². The van der Waals surface area contributed by atoms with E-state index >= 15 is 0 Å². The maximum absolute atomic E-state index is 13.3. The highest BCUT2D eigenvalue weighted by Crippen LogP contribution is 2.32. The smallest absolute Gasteiger partial charge is 0.254 e. The van der Waals surface area contributed by atoms with E-state index in [1.165, 1.54) is 5.01 Å². The van der Waals surface area contributed by atoms with E-state index in [1.54, 1.807) is 40.0 Å². The number of rotatable bonds is 5. The fraction of sp³-hybridized carbons (Fsp3) is 0.391. The summed E-state index contributed by atoms with van der Waals surface area (Å²) in [5.74, 6) is -1.14. The van der Waals surface area contributed by atoms with Crippen LogP contribution < -0.4 is 10.4 Å². The lowest BCUT2D eigenvalue weighted by Gasteiger charge is -2.38. The molecule has 1 aromatic carbocycles. The average molecular weight is 422 g/mol. The van der Waals surface area contributed by atoms with Crippen molar-refractivity contribution in [2.24, 2.45) is 18.9 Å². The first-order valence-corrected chi connectivity index (χ1v) is 10.5. The van der Waals surface area contributed by atoms with Crippen LogP contribution in [0, 0.1) is 11.8 Å². The Balaban J connectivity index is 1.58. The van der Waals surface area contributed by atoms with Crippen LogP contribution in [0.5, 0.6) is 0 Å². The van der Waals surface area contributed by atoms with Gasteiger partial charge in [-0.3, -0.25) is 24.5 Å². The van der Waals surface area contributed by atoms with E-state index in [0.717, 1.165) is 5.56 Å². The van der Waals surface area contributed by atoms with Gasteiger partial charge in [-0.1, -0.05) is 18.2 Å². The van der Waals surface area contributed by atoms with Crippen LogP contribution >= 0.6 is 0 Å². The summed E-state index contributed by atoms with van der Waals surface area (Å²) in [5.41, 5.74) is 4.61. The number of aryl methyl sites for hydroxylation is 1. The van der Waals surface area contributed by atoms with Crippen molar-refractivity contribution in [2.45, 2.75) is 39.3 Å². The fourth-order valence-corrected chi connectivity index (χ4v) is 4.17. The Bertz CT molecular complexity index is 1040. The van der Waals surface area contributed by atoms with Gasteiger partial charge in [0.2, 0.25) is 11.8 Å². The van der Waals surface area contributed by atoms with Gasteiger partial charge in [0, 0.05) is 37.0 Å². The Kier molecular flexibility index (Phi) is 5.63. The largest absolute Gasteiger partial charge is 0.332 e. The first kappa shape index (κ1) is 20.8. The van der Waals surface area contributed by atoms with E-state index in [0.29, 0.717) is 30.6 Å². The molecule has 1 N–H and O–H groups in total. The normalized spacial score (nSPS) is 20.6. The molecule has 2 heterocycles. The number of hydrogen-bond donors (Lipinski definition) is 1. The quantitative estimate of drug-likeness (QED) is 0.751. The molecule has 3 amide bonds. The van der Waals surface area contributed by atoms with Crippen molar-refractivity contribution in [3.63, 3.8) is 0 Å². The van der Waals surface area contributed by atoms with Crippen molar-refractivity contribution >= 4 is 23.4 Å². The zero-order chi connectivity index (χ0) is 22.1. The summed E-state index contributed by atoms with van der Waals surface area (Å²) in [6, 6.07) is 6.83. The molecule has 1 fully saturated rings. The van der Waals surface area contributed by atoms with Gasteiger partial charge in [0.15, 0.2) is 0 Å². The lowest BCUT2D eigenvalue weighted by Crippen LogP contribution is -2.59. The summed E-state index contributed by atoms with van der Waals surface area (Å²) in [4.78, 5) is 40.7. The van der Waals surface area contributed by atoms with E-state index in [4.69, 9.17) is 0 Å². The number of benzene rings is 1. The van der Waals surface area contributed by atoms with Crippen LogP contribution in [0.4, 0.5) is 5.69 Å². The second kappa shape index (κ2) is 8.37. The standard InChI is InChI=1S/C23H27N5O3/c1-15(2)27(14-16-12-24-26(3)13-16)22(30)17-7-6-8-18(11-17)28-23(31)20-10-5-4-9-19(20)21(29)25-28/h4-8,11-13,15,19-20H,9-10,14H2,1-3H3,(H,25,29). The van der Waals surface area contributed by atoms with Crippen molar-refractivity contribution in [3.8, 4) is 0 Å². The fourth-order valence-electron chi connectivity index (χ4n) is 4.17. The number of aromatic nitrogens is 2. The molecule has 2 aromatic rings. The average Bonchev–Trinajstić information content (AvgIpc) is 3.19. The predicted octanol–water partition coefficient (Wildman–Crippen LogP) is 2.43. The number of amides is 3. The Morgan fingerprint density at radius 2 is 1.97 bits per heavy atom. The summed E-state index contributed by atoms with van der Waals surface area (Å²) < 4.78 is 1.71. The molecule has 2 unspecified atom stereocenters. The van der Waals surface area contributed by atoms with E-state index < -0.39 is 0 Å². The Labute approximate surface area is 181 Å². The summed E-state index contributed by atoms with van der Waals surface area (Å²) in [7, 11) is 1.84. The Hall–Kier alpha value is -3.42. The lowest BCUT2D eigenvalue weighted by molar-refractivity contribution is -0.139. The molecule has 1 aliphatic carbocycles. The van der Waals surface area contributed by atoms with Gasteiger partial charge in [-0.25, -0.2) is 5.01 Å². The number of hydrogen-bond acceptors (Lipinski definition) is 4. The van der Waals surface area contributed by atoms with Crippen molar-refractivity contribution < 1.29 is 14.4 Å². The maximum atomic E-state index is 13.3. The first-order valence-electron chi connectivity index (χ1n) is 10.5. The van der Waals surface area contributed by atoms with Crippen LogP contribution in [0.3, 0.4) is 0 Å². The van der Waals surface area contributed by atoms with Gasteiger partial charge in [0.25, 0.3) is 5.91 Å². The topological polar surface area (TPSA) is 87.5 Å². The molecular weight excluding hydrogens is 394 g/mol. The number of allylic oxidation sites excluding steroid dienone is 2. The van der Waals surface area contributed by atoms with Gasteiger partial charge in [-0.15, -0.1) is 0 Å². The van der Waals surface area contributed by atoms with Crippen molar-refractivity contribution in [1.29, 1.82) is 0 Å². The number of hydrazine groups is 1. The Morgan fingerprint density at radius 1 is 1.23 bits per heavy atom. The molecule has 162 valence electrons. The zero-order valence-electron chi connectivity index (χ0n) is 18.0. The van der Waals surface area contributed by atoms with E-state index in [2.05, 4.69) is 10.5 Å². The minimum absolute atomic E-state index is 0.0255. The summed E-state index contributed by atoms with van der Waals surface area (Å²) in [5, 5.41) is 5.47. The summed E-state index contributed by atoms with van der Waals surface area (Å²) >= 11 is 0. The van der Waals surface area contributed by atoms with Crippen LogP contribution in [0.25, 0.3) is 0 Å². The lowest BCUT2D eigenvalue weighted by atomic mass is 9.80. The number of carbonyl (C=O) groups is 3. The predicted molar refractivity (Wildman–Crippen MR) is 116 cm³/mol. The molecule has 4 rings (SSSR count).